The van der Waals surface area contributed by atoms with Crippen molar-refractivity contribution in [2.24, 2.45) is 0 Å². The van der Waals surface area contributed by atoms with Crippen LogP contribution in [0.5, 0.6) is 0 Å². The molecule has 0 spiro atoms. The number of nitrogens with one attached hydrogen (secondary N) is 1. The van der Waals surface area contributed by atoms with Gasteiger partial charge in [-0.3, -0.25) is 0 Å². The Bertz CT molecular complexity index is 112. The number of rotatable bonds is 0. The average Bonchev–Trinajstić information content (AvgIpc) is 2.24. The molecule has 0 bridgehead atoms. The molecule has 0 aliphatic carbocycles. The summed E-state index contributed by atoms with van der Waals surface area (Å²) >= 11 is 0. The molecule has 0 fully saturated rings. The molecule has 1 aromatic rings. The van der Waals surface area contributed by atoms with Crippen LogP contribution in [0.15, 0.2) is 18.3 Å². The van der Waals surface area contributed by atoms with E-state index in [1.54, 1.807) is 0 Å². The molecule has 0 saturated carbocycles. The van der Waals surface area contributed by atoms with Gasteiger partial charge in [0.1, 0.15) is 0 Å². The van der Waals surface area contributed by atoms with Crippen LogP contribution in [0, 0.1) is 6.92 Å². The highest BCUT2D eigenvalue weighted by atomic mass is 14.7. The van der Waals surface area contributed by atoms with Gasteiger partial charge in [-0.1, -0.05) is 13.8 Å². The minimum absolute atomic E-state index is 0. The fourth-order valence-electron chi connectivity index (χ4n) is 0.420. The fraction of sp³-hybridized carbons (Fsp3) is 0.429. The Balaban J connectivity index is 0. The van der Waals surface area contributed by atoms with E-state index in [4.69, 9.17) is 0 Å². The summed E-state index contributed by atoms with van der Waals surface area (Å²) in [5.74, 6) is 0. The van der Waals surface area contributed by atoms with Crippen LogP contribution in [0.1, 0.15) is 21.0 Å². The third-order valence-electron chi connectivity index (χ3n) is 0.753. The van der Waals surface area contributed by atoms with Crippen LogP contribution in [0.25, 0.3) is 0 Å². The second kappa shape index (κ2) is 4.44. The van der Waals surface area contributed by atoms with E-state index in [1.807, 2.05) is 39.1 Å². The molecule has 0 radical (unpaired) electrons. The van der Waals surface area contributed by atoms with Gasteiger partial charge in [0.05, 0.1) is 0 Å². The van der Waals surface area contributed by atoms with E-state index < -0.39 is 0 Å². The smallest absolute Gasteiger partial charge is 0.0115 e. The Morgan fingerprint density at radius 1 is 1.50 bits per heavy atom. The highest BCUT2D eigenvalue weighted by Crippen LogP contribution is 1.86. The highest BCUT2D eigenvalue weighted by molar-refractivity contribution is 4.99. The molecule has 1 rings (SSSR count). The SMILES string of the molecule is CC.Cc1ccc[nH]1.[HH]. The Labute approximate surface area is 52.2 Å². The topological polar surface area (TPSA) is 15.8 Å². The van der Waals surface area contributed by atoms with Crippen molar-refractivity contribution in [3.05, 3.63) is 24.0 Å². The van der Waals surface area contributed by atoms with E-state index in [1.165, 1.54) is 5.69 Å². The van der Waals surface area contributed by atoms with Gasteiger partial charge < -0.3 is 4.98 Å². The molecule has 1 N–H and O–H groups in total. The first-order valence-corrected chi connectivity index (χ1v) is 2.99. The van der Waals surface area contributed by atoms with Gasteiger partial charge in [0, 0.05) is 13.3 Å². The summed E-state index contributed by atoms with van der Waals surface area (Å²) in [6.45, 7) is 6.03. The molecule has 1 heteroatoms. The molecule has 0 unspecified atom stereocenters. The number of aromatic nitrogens is 1. The van der Waals surface area contributed by atoms with E-state index in [-0.39, 0.29) is 1.43 Å². The number of hydrogen-bond donors (Lipinski definition) is 1. The van der Waals surface area contributed by atoms with Gasteiger partial charge in [-0.25, -0.2) is 0 Å². The monoisotopic (exact) mass is 113 g/mol. The number of aryl methyl sites for hydroxylation is 1. The van der Waals surface area contributed by atoms with E-state index in [0.717, 1.165) is 0 Å². The van der Waals surface area contributed by atoms with Crippen molar-refractivity contribution in [3.63, 3.8) is 0 Å². The normalized spacial score (nSPS) is 7.38. The van der Waals surface area contributed by atoms with Crippen LogP contribution in [-0.2, 0) is 0 Å². The largest absolute Gasteiger partial charge is 0.365 e. The molecule has 0 aromatic carbocycles. The Kier molecular flexibility index (Phi) is 4.04. The lowest BCUT2D eigenvalue weighted by Gasteiger charge is -1.70. The third-order valence-corrected chi connectivity index (χ3v) is 0.753. The maximum Gasteiger partial charge on any atom is 0.0115 e. The first-order chi connectivity index (χ1) is 3.89. The van der Waals surface area contributed by atoms with Gasteiger partial charge in [-0.15, -0.1) is 0 Å². The van der Waals surface area contributed by atoms with Crippen molar-refractivity contribution in [1.82, 2.24) is 4.98 Å². The minimum atomic E-state index is 0. The van der Waals surface area contributed by atoms with Gasteiger partial charge in [0.25, 0.3) is 0 Å². The van der Waals surface area contributed by atoms with Crippen LogP contribution in [0.4, 0.5) is 0 Å². The van der Waals surface area contributed by atoms with Crippen LogP contribution in [0.3, 0.4) is 0 Å². The molecule has 1 aromatic heterocycles. The summed E-state index contributed by atoms with van der Waals surface area (Å²) in [6, 6.07) is 4.01. The summed E-state index contributed by atoms with van der Waals surface area (Å²) in [4.78, 5) is 3.00. The van der Waals surface area contributed by atoms with Crippen molar-refractivity contribution in [2.75, 3.05) is 0 Å². The molecular weight excluding hydrogens is 98.1 g/mol. The first kappa shape index (κ1) is 7.28. The predicted molar refractivity (Wildman–Crippen MR) is 39.0 cm³/mol. The van der Waals surface area contributed by atoms with Crippen molar-refractivity contribution in [1.29, 1.82) is 0 Å². The average molecular weight is 113 g/mol. The van der Waals surface area contributed by atoms with Crippen LogP contribution in [0.2, 0.25) is 0 Å². The second-order valence-electron chi connectivity index (χ2n) is 1.35. The zero-order valence-corrected chi connectivity index (χ0v) is 5.73. The molecule has 0 amide bonds. The van der Waals surface area contributed by atoms with E-state index in [9.17, 15) is 0 Å². The summed E-state index contributed by atoms with van der Waals surface area (Å²) < 4.78 is 0. The summed E-state index contributed by atoms with van der Waals surface area (Å²) in [5, 5.41) is 0. The van der Waals surface area contributed by atoms with Crippen molar-refractivity contribution in [2.45, 2.75) is 20.8 Å². The lowest BCUT2D eigenvalue weighted by Crippen LogP contribution is -1.59. The van der Waals surface area contributed by atoms with Gasteiger partial charge in [-0.05, 0) is 19.1 Å². The summed E-state index contributed by atoms with van der Waals surface area (Å²) in [5.41, 5.74) is 1.22. The highest BCUT2D eigenvalue weighted by Gasteiger charge is 1.72. The van der Waals surface area contributed by atoms with Gasteiger partial charge in [0.2, 0.25) is 0 Å². The molecule has 48 valence electrons. The number of H-pyrrole nitrogens is 1. The molecule has 0 atom stereocenters. The first-order valence-electron chi connectivity index (χ1n) is 2.99. The zero-order valence-electron chi connectivity index (χ0n) is 5.73. The molecule has 0 saturated heterocycles. The lowest BCUT2D eigenvalue weighted by atomic mass is 10.5. The Morgan fingerprint density at radius 2 is 2.12 bits per heavy atom. The summed E-state index contributed by atoms with van der Waals surface area (Å²) in [7, 11) is 0. The zero-order chi connectivity index (χ0) is 6.41. The molecule has 1 heterocycles. The quantitative estimate of drug-likeness (QED) is 0.532. The van der Waals surface area contributed by atoms with Crippen molar-refractivity contribution in [3.8, 4) is 0 Å². The molecule has 0 aliphatic heterocycles. The molecule has 1 nitrogen and oxygen atoms in total. The number of hydrogen-bond acceptors (Lipinski definition) is 0. The van der Waals surface area contributed by atoms with Crippen LogP contribution >= 0.6 is 0 Å². The standard InChI is InChI=1S/C5H7N.C2H6.H2/c1-5-3-2-4-6-5;1-2;/h2-4,6H,1H3;1-2H3;1H. The van der Waals surface area contributed by atoms with Crippen molar-refractivity contribution >= 4 is 0 Å². The van der Waals surface area contributed by atoms with Gasteiger partial charge in [-0.2, -0.15) is 0 Å². The molecular formula is C7H15N. The van der Waals surface area contributed by atoms with Gasteiger partial charge >= 0.3 is 0 Å². The maximum atomic E-state index is 3.00. The van der Waals surface area contributed by atoms with Crippen LogP contribution < -0.4 is 0 Å². The lowest BCUT2D eigenvalue weighted by molar-refractivity contribution is 1.27. The van der Waals surface area contributed by atoms with E-state index in [0.29, 0.717) is 0 Å². The minimum Gasteiger partial charge on any atom is -0.365 e. The third kappa shape index (κ3) is 2.45. The molecule has 8 heavy (non-hydrogen) atoms. The Hall–Kier alpha value is -0.720. The van der Waals surface area contributed by atoms with Gasteiger partial charge in [0.15, 0.2) is 0 Å². The number of aromatic amines is 1. The maximum absolute atomic E-state index is 3.00. The predicted octanol–water partition coefficient (Wildman–Crippen LogP) is 2.60. The van der Waals surface area contributed by atoms with Crippen LogP contribution in [-0.4, -0.2) is 4.98 Å². The molecule has 0 aliphatic rings. The van der Waals surface area contributed by atoms with E-state index >= 15 is 0 Å². The van der Waals surface area contributed by atoms with E-state index in [2.05, 4.69) is 4.98 Å². The summed E-state index contributed by atoms with van der Waals surface area (Å²) in [6.07, 6.45) is 1.91. The second-order valence-corrected chi connectivity index (χ2v) is 1.35. The fourth-order valence-corrected chi connectivity index (χ4v) is 0.420. The van der Waals surface area contributed by atoms with Crippen molar-refractivity contribution < 1.29 is 1.43 Å². The Morgan fingerprint density at radius 3 is 2.25 bits per heavy atom.